The second-order valence-electron chi connectivity index (χ2n) is 6.10. The minimum absolute atomic E-state index is 0.0372. The first-order chi connectivity index (χ1) is 13.4. The fraction of sp³-hybridized carbons (Fsp3) is 0.300. The molecule has 1 amide bonds. The summed E-state index contributed by atoms with van der Waals surface area (Å²) in [6.45, 7) is 1.84. The van der Waals surface area contributed by atoms with Crippen molar-refractivity contribution in [1.29, 1.82) is 0 Å². The summed E-state index contributed by atoms with van der Waals surface area (Å²) in [5.41, 5.74) is 1.06. The SMILES string of the molecule is CCOC(=O)CC1OC(c2cccc(OC)c2F)c2cc(Cl)ccc2NC1=O. The minimum Gasteiger partial charge on any atom is -0.494 e. The zero-order chi connectivity index (χ0) is 20.3. The molecule has 6 nitrogen and oxygen atoms in total. The molecule has 0 radical (unpaired) electrons. The molecule has 2 atom stereocenters. The summed E-state index contributed by atoms with van der Waals surface area (Å²) in [7, 11) is 1.36. The van der Waals surface area contributed by atoms with Crippen LogP contribution in [0.4, 0.5) is 10.1 Å². The molecule has 0 saturated heterocycles. The molecule has 1 aliphatic rings. The van der Waals surface area contributed by atoms with Crippen molar-refractivity contribution in [3.63, 3.8) is 0 Å². The summed E-state index contributed by atoms with van der Waals surface area (Å²) in [6, 6.07) is 9.43. The first-order valence-corrected chi connectivity index (χ1v) is 9.06. The van der Waals surface area contributed by atoms with Crippen LogP contribution in [0, 0.1) is 5.82 Å². The lowest BCUT2D eigenvalue weighted by atomic mass is 9.99. The fourth-order valence-electron chi connectivity index (χ4n) is 3.02. The lowest BCUT2D eigenvalue weighted by molar-refractivity contribution is -0.150. The highest BCUT2D eigenvalue weighted by atomic mass is 35.5. The van der Waals surface area contributed by atoms with Gasteiger partial charge in [-0.05, 0) is 31.2 Å². The largest absolute Gasteiger partial charge is 0.494 e. The Labute approximate surface area is 166 Å². The molecule has 1 aliphatic heterocycles. The Morgan fingerprint density at radius 1 is 1.29 bits per heavy atom. The van der Waals surface area contributed by atoms with Gasteiger partial charge in [0.05, 0.1) is 20.1 Å². The molecule has 2 unspecified atom stereocenters. The van der Waals surface area contributed by atoms with Crippen LogP contribution in [0.1, 0.15) is 30.6 Å². The van der Waals surface area contributed by atoms with Gasteiger partial charge in [-0.15, -0.1) is 0 Å². The van der Waals surface area contributed by atoms with E-state index in [-0.39, 0.29) is 24.3 Å². The topological polar surface area (TPSA) is 73.9 Å². The molecule has 2 aromatic rings. The smallest absolute Gasteiger partial charge is 0.308 e. The van der Waals surface area contributed by atoms with Crippen LogP contribution in [-0.4, -0.2) is 31.7 Å². The molecule has 0 saturated carbocycles. The number of methoxy groups -OCH3 is 1. The maximum atomic E-state index is 15.0. The Morgan fingerprint density at radius 2 is 2.07 bits per heavy atom. The number of hydrogen-bond acceptors (Lipinski definition) is 5. The highest BCUT2D eigenvalue weighted by Crippen LogP contribution is 2.39. The van der Waals surface area contributed by atoms with Gasteiger partial charge in [-0.3, -0.25) is 9.59 Å². The molecule has 1 heterocycles. The third-order valence-corrected chi connectivity index (χ3v) is 4.53. The zero-order valence-corrected chi connectivity index (χ0v) is 16.1. The van der Waals surface area contributed by atoms with Gasteiger partial charge in [0.15, 0.2) is 11.6 Å². The minimum atomic E-state index is -1.17. The zero-order valence-electron chi connectivity index (χ0n) is 15.3. The number of anilines is 1. The van der Waals surface area contributed by atoms with Crippen LogP contribution in [0.15, 0.2) is 36.4 Å². The molecule has 148 valence electrons. The molecule has 28 heavy (non-hydrogen) atoms. The molecule has 8 heteroatoms. The van der Waals surface area contributed by atoms with Crippen LogP contribution in [0.2, 0.25) is 5.02 Å². The number of carbonyl (C=O) groups excluding carboxylic acids is 2. The third kappa shape index (κ3) is 4.10. The van der Waals surface area contributed by atoms with Gasteiger partial charge in [0.25, 0.3) is 5.91 Å². The number of halogens is 2. The molecule has 0 bridgehead atoms. The number of nitrogens with one attached hydrogen (secondary N) is 1. The van der Waals surface area contributed by atoms with Crippen molar-refractivity contribution < 1.29 is 28.2 Å². The molecule has 1 N–H and O–H groups in total. The van der Waals surface area contributed by atoms with Gasteiger partial charge in [-0.25, -0.2) is 4.39 Å². The Balaban J connectivity index is 2.08. The molecule has 0 spiro atoms. The standard InChI is InChI=1S/C20H19ClFNO5/c1-3-27-17(24)10-16-20(25)23-14-8-7-11(21)9-13(14)19(28-16)12-5-4-6-15(26-2)18(12)22/h4-9,16,19H,3,10H2,1-2H3,(H,23,25). The maximum absolute atomic E-state index is 15.0. The number of ether oxygens (including phenoxy) is 3. The van der Waals surface area contributed by atoms with Gasteiger partial charge in [0.1, 0.15) is 12.2 Å². The van der Waals surface area contributed by atoms with Crippen LogP contribution in [-0.2, 0) is 19.1 Å². The Morgan fingerprint density at radius 3 is 2.79 bits per heavy atom. The summed E-state index contributed by atoms with van der Waals surface area (Å²) in [6.07, 6.45) is -2.45. The molecular weight excluding hydrogens is 389 g/mol. The van der Waals surface area contributed by atoms with Crippen molar-refractivity contribution in [2.45, 2.75) is 25.6 Å². The molecule has 2 aromatic carbocycles. The number of fused-ring (bicyclic) bond motifs is 1. The fourth-order valence-corrected chi connectivity index (χ4v) is 3.20. The number of rotatable bonds is 5. The summed E-state index contributed by atoms with van der Waals surface area (Å²) < 4.78 is 30.8. The average molecular weight is 408 g/mol. The second-order valence-corrected chi connectivity index (χ2v) is 6.53. The number of amides is 1. The van der Waals surface area contributed by atoms with Gasteiger partial charge >= 0.3 is 5.97 Å². The van der Waals surface area contributed by atoms with E-state index in [1.807, 2.05) is 0 Å². The summed E-state index contributed by atoms with van der Waals surface area (Å²) in [4.78, 5) is 24.5. The monoisotopic (exact) mass is 407 g/mol. The molecular formula is C20H19ClFNO5. The van der Waals surface area contributed by atoms with Gasteiger partial charge in [-0.1, -0.05) is 23.7 Å². The van der Waals surface area contributed by atoms with Crippen molar-refractivity contribution in [2.24, 2.45) is 0 Å². The van der Waals surface area contributed by atoms with Gasteiger partial charge in [-0.2, -0.15) is 0 Å². The number of hydrogen-bond donors (Lipinski definition) is 1. The van der Waals surface area contributed by atoms with Crippen molar-refractivity contribution in [3.05, 3.63) is 58.4 Å². The second kappa shape index (κ2) is 8.58. The van der Waals surface area contributed by atoms with E-state index in [1.165, 1.54) is 19.2 Å². The Hall–Kier alpha value is -2.64. The Kier molecular flexibility index (Phi) is 6.16. The highest BCUT2D eigenvalue weighted by Gasteiger charge is 2.35. The molecule has 0 aliphatic carbocycles. The van der Waals surface area contributed by atoms with E-state index in [0.29, 0.717) is 16.3 Å². The quantitative estimate of drug-likeness (QED) is 0.762. The van der Waals surface area contributed by atoms with Gasteiger partial charge in [0, 0.05) is 21.8 Å². The van der Waals surface area contributed by atoms with Crippen molar-refractivity contribution >= 4 is 29.2 Å². The lowest BCUT2D eigenvalue weighted by Gasteiger charge is -2.22. The summed E-state index contributed by atoms with van der Waals surface area (Å²) in [5.74, 6) is -1.70. The van der Waals surface area contributed by atoms with E-state index < -0.39 is 29.9 Å². The van der Waals surface area contributed by atoms with Crippen LogP contribution in [0.25, 0.3) is 0 Å². The first-order valence-electron chi connectivity index (χ1n) is 8.68. The van der Waals surface area contributed by atoms with Crippen molar-refractivity contribution in [3.8, 4) is 5.75 Å². The lowest BCUT2D eigenvalue weighted by Crippen LogP contribution is -2.32. The van der Waals surface area contributed by atoms with E-state index in [4.69, 9.17) is 25.8 Å². The highest BCUT2D eigenvalue weighted by molar-refractivity contribution is 6.30. The molecule has 3 rings (SSSR count). The van der Waals surface area contributed by atoms with Crippen LogP contribution in [0.3, 0.4) is 0 Å². The van der Waals surface area contributed by atoms with Crippen LogP contribution >= 0.6 is 11.6 Å². The van der Waals surface area contributed by atoms with Crippen molar-refractivity contribution in [2.75, 3.05) is 19.0 Å². The average Bonchev–Trinajstić information content (AvgIpc) is 2.79. The first kappa shape index (κ1) is 20.1. The van der Waals surface area contributed by atoms with Gasteiger partial charge < -0.3 is 19.5 Å². The van der Waals surface area contributed by atoms with Gasteiger partial charge in [0.2, 0.25) is 0 Å². The number of carbonyl (C=O) groups is 2. The van der Waals surface area contributed by atoms with E-state index in [0.717, 1.165) is 0 Å². The van der Waals surface area contributed by atoms with Crippen LogP contribution < -0.4 is 10.1 Å². The Bertz CT molecular complexity index is 904. The number of benzene rings is 2. The number of esters is 1. The van der Waals surface area contributed by atoms with E-state index in [2.05, 4.69) is 5.32 Å². The van der Waals surface area contributed by atoms with E-state index >= 15 is 0 Å². The molecule has 0 fully saturated rings. The third-order valence-electron chi connectivity index (χ3n) is 4.30. The molecule has 0 aromatic heterocycles. The summed E-state index contributed by atoms with van der Waals surface area (Å²) >= 11 is 6.12. The predicted molar refractivity (Wildman–Crippen MR) is 101 cm³/mol. The van der Waals surface area contributed by atoms with E-state index in [9.17, 15) is 14.0 Å². The van der Waals surface area contributed by atoms with Crippen LogP contribution in [0.5, 0.6) is 5.75 Å². The maximum Gasteiger partial charge on any atom is 0.308 e. The predicted octanol–water partition coefficient (Wildman–Crippen LogP) is 3.87. The normalized spacial score (nSPS) is 18.6. The van der Waals surface area contributed by atoms with Crippen molar-refractivity contribution in [1.82, 2.24) is 0 Å². The van der Waals surface area contributed by atoms with E-state index in [1.54, 1.807) is 31.2 Å². The summed E-state index contributed by atoms with van der Waals surface area (Å²) in [5, 5.41) is 3.11.